The molecule has 58 valence electrons. The summed E-state index contributed by atoms with van der Waals surface area (Å²) in [5.41, 5.74) is 0. The average molecular weight is 142 g/mol. The van der Waals surface area contributed by atoms with Crippen LogP contribution in [0.15, 0.2) is 11.8 Å². The maximum absolute atomic E-state index is 4.86. The molecule has 0 radical (unpaired) electrons. The number of rotatable bonds is 4. The Kier molecular flexibility index (Phi) is 3.30. The van der Waals surface area contributed by atoms with Crippen LogP contribution in [0.5, 0.6) is 0 Å². The third-order valence-corrected chi connectivity index (χ3v) is 1.57. The molecular weight excluding hydrogens is 128 g/mol. The SMILES string of the molecule is CCCCCC1=CCOO1. The second-order valence-corrected chi connectivity index (χ2v) is 2.50. The first-order chi connectivity index (χ1) is 4.93. The van der Waals surface area contributed by atoms with E-state index in [4.69, 9.17) is 9.78 Å². The molecular formula is C8H14O2. The Hall–Kier alpha value is -0.500. The molecule has 2 heteroatoms. The molecule has 1 aliphatic heterocycles. The van der Waals surface area contributed by atoms with Crippen LogP contribution in [0.4, 0.5) is 0 Å². The predicted molar refractivity (Wildman–Crippen MR) is 39.3 cm³/mol. The first-order valence-electron chi connectivity index (χ1n) is 3.92. The van der Waals surface area contributed by atoms with Crippen LogP contribution < -0.4 is 0 Å². The van der Waals surface area contributed by atoms with Crippen molar-refractivity contribution in [1.82, 2.24) is 0 Å². The highest BCUT2D eigenvalue weighted by atomic mass is 17.2. The molecule has 0 bridgehead atoms. The van der Waals surface area contributed by atoms with E-state index in [0.29, 0.717) is 6.61 Å². The fourth-order valence-corrected chi connectivity index (χ4v) is 0.964. The maximum atomic E-state index is 4.86. The quantitative estimate of drug-likeness (QED) is 0.443. The molecule has 10 heavy (non-hydrogen) atoms. The Morgan fingerprint density at radius 1 is 1.50 bits per heavy atom. The van der Waals surface area contributed by atoms with E-state index in [0.717, 1.165) is 12.2 Å². The van der Waals surface area contributed by atoms with E-state index in [1.807, 2.05) is 6.08 Å². The van der Waals surface area contributed by atoms with Crippen LogP contribution in [-0.4, -0.2) is 6.61 Å². The van der Waals surface area contributed by atoms with E-state index in [1.54, 1.807) is 0 Å². The number of hydrogen-bond acceptors (Lipinski definition) is 2. The van der Waals surface area contributed by atoms with Gasteiger partial charge in [0.2, 0.25) is 0 Å². The fraction of sp³-hybridized carbons (Fsp3) is 0.750. The Morgan fingerprint density at radius 2 is 2.40 bits per heavy atom. The second-order valence-electron chi connectivity index (χ2n) is 2.50. The summed E-state index contributed by atoms with van der Waals surface area (Å²) in [5, 5.41) is 0. The maximum Gasteiger partial charge on any atom is 0.140 e. The van der Waals surface area contributed by atoms with E-state index in [1.165, 1.54) is 19.3 Å². The lowest BCUT2D eigenvalue weighted by Crippen LogP contribution is -1.84. The van der Waals surface area contributed by atoms with E-state index in [9.17, 15) is 0 Å². The number of hydrogen-bond donors (Lipinski definition) is 0. The van der Waals surface area contributed by atoms with Gasteiger partial charge in [-0.25, -0.2) is 0 Å². The lowest BCUT2D eigenvalue weighted by Gasteiger charge is -1.98. The predicted octanol–water partition coefficient (Wildman–Crippen LogP) is 2.41. The zero-order valence-electron chi connectivity index (χ0n) is 6.43. The highest BCUT2D eigenvalue weighted by Crippen LogP contribution is 2.14. The average Bonchev–Trinajstić information content (AvgIpc) is 2.41. The van der Waals surface area contributed by atoms with E-state index in [-0.39, 0.29) is 0 Å². The van der Waals surface area contributed by atoms with Gasteiger partial charge in [0.15, 0.2) is 0 Å². The van der Waals surface area contributed by atoms with Crippen LogP contribution in [0.2, 0.25) is 0 Å². The van der Waals surface area contributed by atoms with Crippen LogP contribution in [-0.2, 0) is 9.78 Å². The molecule has 2 nitrogen and oxygen atoms in total. The third-order valence-electron chi connectivity index (χ3n) is 1.57. The van der Waals surface area contributed by atoms with Crippen molar-refractivity contribution in [2.75, 3.05) is 6.61 Å². The van der Waals surface area contributed by atoms with Crippen molar-refractivity contribution in [3.63, 3.8) is 0 Å². The van der Waals surface area contributed by atoms with Crippen LogP contribution in [0.25, 0.3) is 0 Å². The van der Waals surface area contributed by atoms with Gasteiger partial charge in [-0.15, -0.1) is 0 Å². The number of allylic oxidation sites excluding steroid dienone is 1. The molecule has 0 aromatic rings. The Labute approximate surface area is 61.8 Å². The molecule has 1 rings (SSSR count). The summed E-state index contributed by atoms with van der Waals surface area (Å²) in [6, 6.07) is 0. The molecule has 1 aliphatic rings. The first kappa shape index (κ1) is 7.61. The molecule has 0 fully saturated rings. The lowest BCUT2D eigenvalue weighted by molar-refractivity contribution is -0.235. The van der Waals surface area contributed by atoms with Crippen molar-refractivity contribution in [3.8, 4) is 0 Å². The molecule has 0 unspecified atom stereocenters. The van der Waals surface area contributed by atoms with Gasteiger partial charge in [-0.2, -0.15) is 4.89 Å². The fourth-order valence-electron chi connectivity index (χ4n) is 0.964. The minimum Gasteiger partial charge on any atom is -0.342 e. The summed E-state index contributed by atoms with van der Waals surface area (Å²) in [6.45, 7) is 2.82. The van der Waals surface area contributed by atoms with Gasteiger partial charge in [-0.1, -0.05) is 19.8 Å². The first-order valence-corrected chi connectivity index (χ1v) is 3.92. The zero-order chi connectivity index (χ0) is 7.23. The molecule has 0 aliphatic carbocycles. The van der Waals surface area contributed by atoms with Gasteiger partial charge in [-0.3, -0.25) is 0 Å². The highest BCUT2D eigenvalue weighted by molar-refractivity contribution is 4.94. The smallest absolute Gasteiger partial charge is 0.140 e. The lowest BCUT2D eigenvalue weighted by atomic mass is 10.2. The van der Waals surface area contributed by atoms with Crippen molar-refractivity contribution < 1.29 is 9.78 Å². The molecule has 0 saturated carbocycles. The Bertz CT molecular complexity index is 118. The van der Waals surface area contributed by atoms with Gasteiger partial charge in [0.05, 0.1) is 0 Å². The minimum absolute atomic E-state index is 0.626. The second kappa shape index (κ2) is 4.34. The summed E-state index contributed by atoms with van der Waals surface area (Å²) in [5.74, 6) is 1.01. The topological polar surface area (TPSA) is 18.5 Å². The number of unbranched alkanes of at least 4 members (excludes halogenated alkanes) is 2. The molecule has 0 aromatic carbocycles. The highest BCUT2D eigenvalue weighted by Gasteiger charge is 2.04. The van der Waals surface area contributed by atoms with Crippen LogP contribution in [0.3, 0.4) is 0 Å². The Balaban J connectivity index is 2.01. The molecule has 0 amide bonds. The summed E-state index contributed by atoms with van der Waals surface area (Å²) in [6.07, 6.45) is 6.78. The third kappa shape index (κ3) is 2.40. The molecule has 0 aromatic heterocycles. The normalized spacial score (nSPS) is 16.7. The van der Waals surface area contributed by atoms with Crippen molar-refractivity contribution in [2.45, 2.75) is 32.6 Å². The monoisotopic (exact) mass is 142 g/mol. The van der Waals surface area contributed by atoms with Crippen LogP contribution in [0.1, 0.15) is 32.6 Å². The van der Waals surface area contributed by atoms with E-state index >= 15 is 0 Å². The summed E-state index contributed by atoms with van der Waals surface area (Å²) in [7, 11) is 0. The van der Waals surface area contributed by atoms with Crippen molar-refractivity contribution in [2.24, 2.45) is 0 Å². The summed E-state index contributed by atoms with van der Waals surface area (Å²) >= 11 is 0. The molecule has 0 N–H and O–H groups in total. The molecule has 0 atom stereocenters. The van der Waals surface area contributed by atoms with Gasteiger partial charge in [-0.05, 0) is 12.5 Å². The van der Waals surface area contributed by atoms with Gasteiger partial charge >= 0.3 is 0 Å². The van der Waals surface area contributed by atoms with Gasteiger partial charge in [0, 0.05) is 6.42 Å². The van der Waals surface area contributed by atoms with Gasteiger partial charge in [0.1, 0.15) is 12.4 Å². The summed E-state index contributed by atoms with van der Waals surface area (Å²) in [4.78, 5) is 9.56. The standard InChI is InChI=1S/C8H14O2/c1-2-3-4-5-8-6-7-9-10-8/h6H,2-5,7H2,1H3. The van der Waals surface area contributed by atoms with E-state index in [2.05, 4.69) is 6.92 Å². The van der Waals surface area contributed by atoms with Crippen molar-refractivity contribution in [3.05, 3.63) is 11.8 Å². The largest absolute Gasteiger partial charge is 0.342 e. The molecule has 0 saturated heterocycles. The zero-order valence-corrected chi connectivity index (χ0v) is 6.43. The van der Waals surface area contributed by atoms with Gasteiger partial charge in [0.25, 0.3) is 0 Å². The molecule has 0 spiro atoms. The van der Waals surface area contributed by atoms with Crippen molar-refractivity contribution in [1.29, 1.82) is 0 Å². The van der Waals surface area contributed by atoms with Crippen LogP contribution >= 0.6 is 0 Å². The molecule has 1 heterocycles. The summed E-state index contributed by atoms with van der Waals surface area (Å²) < 4.78 is 0. The Morgan fingerprint density at radius 3 is 3.00 bits per heavy atom. The minimum atomic E-state index is 0.626. The van der Waals surface area contributed by atoms with Gasteiger partial charge < -0.3 is 4.89 Å². The van der Waals surface area contributed by atoms with Crippen molar-refractivity contribution >= 4 is 0 Å². The van der Waals surface area contributed by atoms with E-state index < -0.39 is 0 Å². The van der Waals surface area contributed by atoms with Crippen LogP contribution in [0, 0.1) is 0 Å².